The van der Waals surface area contributed by atoms with Crippen molar-refractivity contribution >= 4 is 11.7 Å². The minimum Gasteiger partial charge on any atom is -0.442 e. The van der Waals surface area contributed by atoms with Crippen molar-refractivity contribution in [1.29, 1.82) is 0 Å². The smallest absolute Gasteiger partial charge is 0.442 e. The van der Waals surface area contributed by atoms with Crippen LogP contribution in [0.3, 0.4) is 0 Å². The van der Waals surface area contributed by atoms with Crippen molar-refractivity contribution < 1.29 is 27.8 Å². The molecule has 0 saturated carbocycles. The van der Waals surface area contributed by atoms with Gasteiger partial charge < -0.3 is 14.6 Å². The molecule has 1 N–H and O–H groups in total. The van der Waals surface area contributed by atoms with Crippen molar-refractivity contribution in [1.82, 2.24) is 9.13 Å². The molecule has 8 nitrogen and oxygen atoms in total. The lowest BCUT2D eigenvalue weighted by Gasteiger charge is -2.12. The molecule has 2 heterocycles. The Balaban J connectivity index is 1.92. The summed E-state index contributed by atoms with van der Waals surface area (Å²) in [6.07, 6.45) is -3.99. The highest BCUT2D eigenvalue weighted by Crippen LogP contribution is 2.28. The summed E-state index contributed by atoms with van der Waals surface area (Å²) in [5.41, 5.74) is -0.786. The van der Waals surface area contributed by atoms with Crippen LogP contribution in [-0.2, 0) is 19.5 Å². The third kappa shape index (κ3) is 4.73. The zero-order valence-corrected chi connectivity index (χ0v) is 16.1. The predicted octanol–water partition coefficient (Wildman–Crippen LogP) is 2.37. The van der Waals surface area contributed by atoms with Crippen LogP contribution in [0, 0.1) is 0 Å². The summed E-state index contributed by atoms with van der Waals surface area (Å²) >= 11 is 0. The molecule has 0 bridgehead atoms. The molecule has 0 amide bonds. The summed E-state index contributed by atoms with van der Waals surface area (Å²) in [6.45, 7) is 2.09. The minimum atomic E-state index is -4.84. The first-order chi connectivity index (χ1) is 14.2. The number of hydrogen-bond donors (Lipinski definition) is 1. The third-order valence-corrected chi connectivity index (χ3v) is 4.31. The van der Waals surface area contributed by atoms with E-state index >= 15 is 0 Å². The average molecular weight is 427 g/mol. The van der Waals surface area contributed by atoms with Crippen LogP contribution in [0.25, 0.3) is 0 Å². The zero-order valence-electron chi connectivity index (χ0n) is 16.1. The van der Waals surface area contributed by atoms with Crippen LogP contribution in [0.4, 0.5) is 19.0 Å². The summed E-state index contributed by atoms with van der Waals surface area (Å²) in [7, 11) is 0. The van der Waals surface area contributed by atoms with Gasteiger partial charge in [0.15, 0.2) is 0 Å². The maximum atomic E-state index is 12.7. The number of aliphatic imine (C=N–C) groups is 1. The highest BCUT2D eigenvalue weighted by molar-refractivity contribution is 5.88. The molecular weight excluding hydrogens is 407 g/mol. The van der Waals surface area contributed by atoms with Crippen molar-refractivity contribution in [2.45, 2.75) is 45.6 Å². The molecule has 0 radical (unpaired) electrons. The number of benzene rings is 1. The lowest BCUT2D eigenvalue weighted by molar-refractivity contribution is -0.274. The fraction of sp³-hybridized carbons (Fsp3) is 0.421. The second kappa shape index (κ2) is 8.74. The Morgan fingerprint density at radius 1 is 1.17 bits per heavy atom. The summed E-state index contributed by atoms with van der Waals surface area (Å²) in [5, 5.41) is 9.03. The van der Waals surface area contributed by atoms with Gasteiger partial charge in [0.25, 0.3) is 5.56 Å². The number of aliphatic hydroxyl groups is 1. The Bertz CT molecular complexity index is 1070. The van der Waals surface area contributed by atoms with E-state index in [0.717, 1.165) is 16.7 Å². The van der Waals surface area contributed by atoms with Gasteiger partial charge in [0.05, 0.1) is 12.0 Å². The number of ether oxygens (including phenoxy) is 2. The molecule has 0 spiro atoms. The van der Waals surface area contributed by atoms with Crippen LogP contribution >= 0.6 is 0 Å². The number of aromatic nitrogens is 2. The molecule has 0 saturated heterocycles. The maximum absolute atomic E-state index is 12.7. The first-order valence-electron chi connectivity index (χ1n) is 9.32. The largest absolute Gasteiger partial charge is 0.573 e. The van der Waals surface area contributed by atoms with E-state index in [2.05, 4.69) is 9.73 Å². The molecule has 0 unspecified atom stereocenters. The van der Waals surface area contributed by atoms with Crippen LogP contribution < -0.4 is 20.7 Å². The van der Waals surface area contributed by atoms with E-state index in [1.54, 1.807) is 0 Å². The van der Waals surface area contributed by atoms with E-state index in [1.807, 2.05) is 6.92 Å². The number of nitrogens with zero attached hydrogens (tertiary/aromatic N) is 3. The summed E-state index contributed by atoms with van der Waals surface area (Å²) in [6, 6.07) is 4.93. The lowest BCUT2D eigenvalue weighted by atomic mass is 10.2. The molecule has 3 rings (SSSR count). The number of rotatable bonds is 7. The van der Waals surface area contributed by atoms with Gasteiger partial charge in [0, 0.05) is 25.8 Å². The Morgan fingerprint density at radius 3 is 2.57 bits per heavy atom. The highest BCUT2D eigenvalue weighted by Gasteiger charge is 2.31. The van der Waals surface area contributed by atoms with Crippen LogP contribution in [0.5, 0.6) is 11.5 Å². The average Bonchev–Trinajstić information content (AvgIpc) is 3.08. The fourth-order valence-corrected chi connectivity index (χ4v) is 3.12. The molecule has 0 aliphatic carbocycles. The lowest BCUT2D eigenvalue weighted by Crippen LogP contribution is -2.41. The molecular formula is C19H20F3N3O5. The first-order valence-corrected chi connectivity index (χ1v) is 9.32. The van der Waals surface area contributed by atoms with Gasteiger partial charge in [-0.15, -0.1) is 13.2 Å². The quantitative estimate of drug-likeness (QED) is 0.732. The van der Waals surface area contributed by atoms with Crippen molar-refractivity contribution in [3.05, 3.63) is 50.7 Å². The zero-order chi connectivity index (χ0) is 21.9. The second-order valence-electron chi connectivity index (χ2n) is 6.58. The molecule has 162 valence electrons. The van der Waals surface area contributed by atoms with E-state index in [9.17, 15) is 22.8 Å². The van der Waals surface area contributed by atoms with Gasteiger partial charge in [-0.05, 0) is 25.0 Å². The SMILES string of the molecule is CCCn1c2c(c(=O)n(CCCO)c1=O)CC(Oc1cccc(OC(F)(F)F)c1)=N2. The van der Waals surface area contributed by atoms with Crippen LogP contribution in [-0.4, -0.2) is 33.1 Å². The normalized spacial score (nSPS) is 13.2. The summed E-state index contributed by atoms with van der Waals surface area (Å²) in [4.78, 5) is 29.7. The molecule has 30 heavy (non-hydrogen) atoms. The molecule has 0 fully saturated rings. The van der Waals surface area contributed by atoms with E-state index in [-0.39, 0.29) is 49.0 Å². The topological polar surface area (TPSA) is 95.0 Å². The fourth-order valence-electron chi connectivity index (χ4n) is 3.12. The summed E-state index contributed by atoms with van der Waals surface area (Å²) in [5.74, 6) is -0.140. The number of hydrogen-bond acceptors (Lipinski definition) is 6. The van der Waals surface area contributed by atoms with Gasteiger partial charge in [-0.1, -0.05) is 13.0 Å². The van der Waals surface area contributed by atoms with Gasteiger partial charge in [-0.25, -0.2) is 4.79 Å². The van der Waals surface area contributed by atoms with Gasteiger partial charge in [0.1, 0.15) is 17.3 Å². The maximum Gasteiger partial charge on any atom is 0.573 e. The van der Waals surface area contributed by atoms with Gasteiger partial charge in [-0.3, -0.25) is 13.9 Å². The molecule has 2 aromatic rings. The Hall–Kier alpha value is -3.08. The van der Waals surface area contributed by atoms with Crippen LogP contribution in [0.2, 0.25) is 0 Å². The first kappa shape index (κ1) is 21.6. The van der Waals surface area contributed by atoms with Crippen LogP contribution in [0.15, 0.2) is 38.8 Å². The monoisotopic (exact) mass is 427 g/mol. The second-order valence-corrected chi connectivity index (χ2v) is 6.58. The Kier molecular flexibility index (Phi) is 6.30. The van der Waals surface area contributed by atoms with Crippen LogP contribution in [0.1, 0.15) is 25.3 Å². The van der Waals surface area contributed by atoms with E-state index in [0.29, 0.717) is 13.0 Å². The molecule has 1 aliphatic rings. The number of fused-ring (bicyclic) bond motifs is 1. The highest BCUT2D eigenvalue weighted by atomic mass is 19.4. The van der Waals surface area contributed by atoms with Crippen molar-refractivity contribution in [3.63, 3.8) is 0 Å². The molecule has 1 aromatic carbocycles. The van der Waals surface area contributed by atoms with Crippen molar-refractivity contribution in [2.75, 3.05) is 6.61 Å². The molecule has 11 heteroatoms. The van der Waals surface area contributed by atoms with E-state index in [4.69, 9.17) is 9.84 Å². The van der Waals surface area contributed by atoms with Gasteiger partial charge in [0.2, 0.25) is 5.90 Å². The standard InChI is InChI=1S/C19H20F3N3O5/c1-2-7-24-16-14(17(27)25(18(24)28)8-4-9-26)11-15(23-16)29-12-5-3-6-13(10-12)30-19(20,21)22/h3,5-6,10,26H,2,4,7-9,11H2,1H3. The molecule has 1 aromatic heterocycles. The van der Waals surface area contributed by atoms with Crippen molar-refractivity contribution in [3.8, 4) is 11.5 Å². The van der Waals surface area contributed by atoms with E-state index in [1.165, 1.54) is 16.7 Å². The van der Waals surface area contributed by atoms with Crippen molar-refractivity contribution in [2.24, 2.45) is 4.99 Å². The number of aliphatic hydroxyl groups excluding tert-OH is 1. The number of halogens is 3. The summed E-state index contributed by atoms with van der Waals surface area (Å²) < 4.78 is 49.1. The van der Waals surface area contributed by atoms with E-state index < -0.39 is 23.4 Å². The Labute approximate surface area is 168 Å². The minimum absolute atomic E-state index is 0.0123. The third-order valence-electron chi connectivity index (χ3n) is 4.31. The predicted molar refractivity (Wildman–Crippen MR) is 102 cm³/mol. The van der Waals surface area contributed by atoms with Gasteiger partial charge >= 0.3 is 12.1 Å². The molecule has 1 aliphatic heterocycles. The molecule has 0 atom stereocenters. The van der Waals surface area contributed by atoms with Gasteiger partial charge in [-0.2, -0.15) is 4.99 Å². The Morgan fingerprint density at radius 2 is 1.90 bits per heavy atom. The number of alkyl halides is 3.